The van der Waals surface area contributed by atoms with Gasteiger partial charge in [0.15, 0.2) is 11.6 Å². The molecule has 0 aliphatic carbocycles. The fourth-order valence-electron chi connectivity index (χ4n) is 1.69. The second kappa shape index (κ2) is 4.22. The summed E-state index contributed by atoms with van der Waals surface area (Å²) in [6, 6.07) is 1.91. The Morgan fingerprint density at radius 3 is 2.89 bits per heavy atom. The van der Waals surface area contributed by atoms with Crippen molar-refractivity contribution >= 4 is 44.8 Å². The first kappa shape index (κ1) is 11.4. The zero-order valence-electron chi connectivity index (χ0n) is 9.78. The highest BCUT2D eigenvalue weighted by atomic mass is 35.5. The van der Waals surface area contributed by atoms with Crippen LogP contribution >= 0.6 is 22.9 Å². The molecule has 0 aromatic carbocycles. The van der Waals surface area contributed by atoms with Crippen LogP contribution in [-0.2, 0) is 0 Å². The van der Waals surface area contributed by atoms with Crippen molar-refractivity contribution < 1.29 is 0 Å². The van der Waals surface area contributed by atoms with Crippen LogP contribution in [0, 0.1) is 13.8 Å². The molecule has 0 spiro atoms. The number of rotatable bonds is 2. The number of hydrogen-bond acceptors (Lipinski definition) is 5. The third-order valence-corrected chi connectivity index (χ3v) is 3.78. The minimum absolute atomic E-state index is 0.235. The fraction of sp³-hybridized carbons (Fsp3) is 0.182. The lowest BCUT2D eigenvalue weighted by Crippen LogP contribution is -1.96. The Labute approximate surface area is 112 Å². The minimum atomic E-state index is 0.235. The number of aromatic nitrogens is 4. The molecule has 3 aromatic heterocycles. The third kappa shape index (κ3) is 1.93. The Morgan fingerprint density at radius 2 is 2.17 bits per heavy atom. The van der Waals surface area contributed by atoms with Gasteiger partial charge in [0.05, 0.1) is 10.2 Å². The van der Waals surface area contributed by atoms with Gasteiger partial charge in [-0.3, -0.25) is 5.10 Å². The van der Waals surface area contributed by atoms with Crippen LogP contribution in [0.2, 0.25) is 5.28 Å². The first-order valence-electron chi connectivity index (χ1n) is 5.34. The van der Waals surface area contributed by atoms with Crippen LogP contribution in [0.4, 0.5) is 11.6 Å². The number of aromatic amines is 1. The number of anilines is 2. The summed E-state index contributed by atoms with van der Waals surface area (Å²) in [4.78, 5) is 8.46. The smallest absolute Gasteiger partial charge is 0.224 e. The van der Waals surface area contributed by atoms with Gasteiger partial charge < -0.3 is 5.32 Å². The lowest BCUT2D eigenvalue weighted by molar-refractivity contribution is 1.05. The van der Waals surface area contributed by atoms with Crippen molar-refractivity contribution in [2.45, 2.75) is 13.8 Å². The van der Waals surface area contributed by atoms with Crippen molar-refractivity contribution in [3.8, 4) is 0 Å². The van der Waals surface area contributed by atoms with Crippen molar-refractivity contribution in [3.63, 3.8) is 0 Å². The van der Waals surface area contributed by atoms with Gasteiger partial charge in [-0.25, -0.2) is 4.98 Å². The van der Waals surface area contributed by atoms with Crippen LogP contribution in [0.15, 0.2) is 11.4 Å². The van der Waals surface area contributed by atoms with Gasteiger partial charge in [-0.15, -0.1) is 11.3 Å². The summed E-state index contributed by atoms with van der Waals surface area (Å²) in [5.74, 6) is 1.41. The number of H-pyrrole nitrogens is 1. The number of fused-ring (bicyclic) bond motifs is 1. The van der Waals surface area contributed by atoms with Gasteiger partial charge in [0.2, 0.25) is 5.28 Å². The zero-order chi connectivity index (χ0) is 12.7. The molecule has 0 fully saturated rings. The second-order valence-corrected chi connectivity index (χ2v) is 5.22. The molecule has 5 nitrogen and oxygen atoms in total. The highest BCUT2D eigenvalue weighted by Gasteiger charge is 2.11. The van der Waals surface area contributed by atoms with E-state index in [1.807, 2.05) is 25.3 Å². The molecule has 3 heterocycles. The molecule has 2 N–H and O–H groups in total. The minimum Gasteiger partial charge on any atom is -0.322 e. The lowest BCUT2D eigenvalue weighted by Gasteiger charge is -2.03. The highest BCUT2D eigenvalue weighted by Crippen LogP contribution is 2.31. The lowest BCUT2D eigenvalue weighted by atomic mass is 10.3. The predicted octanol–water partition coefficient (Wildman–Crippen LogP) is 3.43. The molecule has 0 saturated carbocycles. The molecular weight excluding hydrogens is 270 g/mol. The maximum Gasteiger partial charge on any atom is 0.224 e. The summed E-state index contributed by atoms with van der Waals surface area (Å²) >= 11 is 7.53. The monoisotopic (exact) mass is 279 g/mol. The molecule has 7 heteroatoms. The molecule has 0 aliphatic heterocycles. The quantitative estimate of drug-likeness (QED) is 0.705. The molecule has 92 valence electrons. The van der Waals surface area contributed by atoms with E-state index in [2.05, 4.69) is 25.5 Å². The highest BCUT2D eigenvalue weighted by molar-refractivity contribution is 7.18. The summed E-state index contributed by atoms with van der Waals surface area (Å²) in [5.41, 5.74) is 2.96. The van der Waals surface area contributed by atoms with Crippen LogP contribution in [0.25, 0.3) is 10.2 Å². The third-order valence-electron chi connectivity index (χ3n) is 2.52. The van der Waals surface area contributed by atoms with Crippen LogP contribution in [0.5, 0.6) is 0 Å². The fourth-order valence-corrected chi connectivity index (χ4v) is 2.80. The molecule has 0 saturated heterocycles. The first-order valence-corrected chi connectivity index (χ1v) is 6.59. The van der Waals surface area contributed by atoms with E-state index in [4.69, 9.17) is 11.6 Å². The van der Waals surface area contributed by atoms with Gasteiger partial charge >= 0.3 is 0 Å². The van der Waals surface area contributed by atoms with E-state index in [9.17, 15) is 0 Å². The van der Waals surface area contributed by atoms with Gasteiger partial charge in [-0.05, 0) is 36.4 Å². The number of thiophene rings is 1. The van der Waals surface area contributed by atoms with Crippen molar-refractivity contribution in [1.29, 1.82) is 0 Å². The summed E-state index contributed by atoms with van der Waals surface area (Å²) in [5, 5.41) is 12.4. The Kier molecular flexibility index (Phi) is 2.68. The maximum atomic E-state index is 5.94. The van der Waals surface area contributed by atoms with Crippen LogP contribution < -0.4 is 5.32 Å². The van der Waals surface area contributed by atoms with Crippen molar-refractivity contribution in [3.05, 3.63) is 28.0 Å². The van der Waals surface area contributed by atoms with E-state index in [0.717, 1.165) is 27.3 Å². The summed E-state index contributed by atoms with van der Waals surface area (Å²) in [6.45, 7) is 3.95. The molecular formula is C11H10ClN5S. The maximum absolute atomic E-state index is 5.94. The van der Waals surface area contributed by atoms with E-state index < -0.39 is 0 Å². The van der Waals surface area contributed by atoms with Gasteiger partial charge in [0.1, 0.15) is 0 Å². The zero-order valence-corrected chi connectivity index (χ0v) is 11.4. The van der Waals surface area contributed by atoms with E-state index in [0.29, 0.717) is 5.82 Å². The van der Waals surface area contributed by atoms with Gasteiger partial charge in [0, 0.05) is 11.8 Å². The normalized spacial score (nSPS) is 11.1. The molecule has 0 radical (unpaired) electrons. The average molecular weight is 280 g/mol. The van der Waals surface area contributed by atoms with E-state index in [1.54, 1.807) is 11.3 Å². The molecule has 3 aromatic rings. The molecule has 0 atom stereocenters. The summed E-state index contributed by atoms with van der Waals surface area (Å²) in [7, 11) is 0. The van der Waals surface area contributed by atoms with Crippen LogP contribution in [-0.4, -0.2) is 20.2 Å². The molecule has 18 heavy (non-hydrogen) atoms. The standard InChI is InChI=1S/C11H10ClN5S/c1-5-4-18-9-8(5)14-11(12)15-10(9)13-7-3-6(2)16-17-7/h3-4H,1-2H3,(H2,13,14,15,16,17). The predicted molar refractivity (Wildman–Crippen MR) is 73.8 cm³/mol. The Hall–Kier alpha value is -1.66. The van der Waals surface area contributed by atoms with Gasteiger partial charge in [0.25, 0.3) is 0 Å². The number of nitrogens with zero attached hydrogens (tertiary/aromatic N) is 3. The van der Waals surface area contributed by atoms with Crippen LogP contribution in [0.3, 0.4) is 0 Å². The van der Waals surface area contributed by atoms with Gasteiger partial charge in [-0.2, -0.15) is 10.1 Å². The SMILES string of the molecule is Cc1cc(Nc2nc(Cl)nc3c(C)csc23)n[nH]1. The topological polar surface area (TPSA) is 66.5 Å². The molecule has 0 aliphatic rings. The Morgan fingerprint density at radius 1 is 1.33 bits per heavy atom. The molecule has 3 rings (SSSR count). The molecule has 0 unspecified atom stereocenters. The molecule has 0 bridgehead atoms. The number of halogens is 1. The van der Waals surface area contributed by atoms with Gasteiger partial charge in [-0.1, -0.05) is 0 Å². The van der Waals surface area contributed by atoms with E-state index in [1.165, 1.54) is 0 Å². The number of nitrogens with one attached hydrogen (secondary N) is 2. The average Bonchev–Trinajstić information content (AvgIpc) is 2.87. The Bertz CT molecular complexity index is 717. The van der Waals surface area contributed by atoms with Crippen molar-refractivity contribution in [2.75, 3.05) is 5.32 Å². The largest absolute Gasteiger partial charge is 0.322 e. The summed E-state index contributed by atoms with van der Waals surface area (Å²) < 4.78 is 0.984. The second-order valence-electron chi connectivity index (χ2n) is 4.00. The van der Waals surface area contributed by atoms with E-state index in [-0.39, 0.29) is 5.28 Å². The summed E-state index contributed by atoms with van der Waals surface area (Å²) in [6.07, 6.45) is 0. The Balaban J connectivity index is 2.10. The number of aryl methyl sites for hydroxylation is 2. The van der Waals surface area contributed by atoms with E-state index >= 15 is 0 Å². The number of hydrogen-bond donors (Lipinski definition) is 2. The molecule has 0 amide bonds. The first-order chi connectivity index (χ1) is 8.63. The van der Waals surface area contributed by atoms with Crippen LogP contribution in [0.1, 0.15) is 11.3 Å². The van der Waals surface area contributed by atoms with Crippen molar-refractivity contribution in [2.24, 2.45) is 0 Å². The van der Waals surface area contributed by atoms with Crippen molar-refractivity contribution in [1.82, 2.24) is 20.2 Å².